The molecule has 0 unspecified atom stereocenters. The molecule has 2 heterocycles. The van der Waals surface area contributed by atoms with E-state index in [0.29, 0.717) is 5.71 Å². The van der Waals surface area contributed by atoms with E-state index in [1.165, 1.54) is 0 Å². The summed E-state index contributed by atoms with van der Waals surface area (Å²) in [5, 5.41) is 13.7. The first-order valence-corrected chi connectivity index (χ1v) is 4.71. The Kier molecular flexibility index (Phi) is 1.98. The fourth-order valence-corrected chi connectivity index (χ4v) is 1.88. The van der Waals surface area contributed by atoms with Crippen molar-refractivity contribution in [3.8, 4) is 0 Å². The minimum atomic E-state index is 0.586. The fraction of sp³-hybridized carbons (Fsp3) is 0.111. The monoisotopic (exact) mass is 192 g/mol. The third kappa shape index (κ3) is 1.40. The van der Waals surface area contributed by atoms with Gasteiger partial charge in [0.05, 0.1) is 15.9 Å². The zero-order valence-corrected chi connectivity index (χ0v) is 7.88. The highest BCUT2D eigenvalue weighted by molar-refractivity contribution is 7.17. The summed E-state index contributed by atoms with van der Waals surface area (Å²) in [7, 11) is 0. The Hall–Kier alpha value is -1.42. The number of pyridine rings is 1. The van der Waals surface area contributed by atoms with E-state index in [1.807, 2.05) is 17.5 Å². The number of nitrogens with zero attached hydrogens (tertiary/aromatic N) is 2. The molecule has 2 aromatic rings. The van der Waals surface area contributed by atoms with Crippen LogP contribution in [-0.2, 0) is 0 Å². The molecule has 0 saturated carbocycles. The van der Waals surface area contributed by atoms with Crippen molar-refractivity contribution in [2.45, 2.75) is 6.92 Å². The molecule has 0 saturated heterocycles. The van der Waals surface area contributed by atoms with Crippen LogP contribution < -0.4 is 0 Å². The summed E-state index contributed by atoms with van der Waals surface area (Å²) in [6.45, 7) is 1.75. The Morgan fingerprint density at radius 2 is 2.46 bits per heavy atom. The van der Waals surface area contributed by atoms with E-state index in [1.54, 1.807) is 24.5 Å². The molecule has 0 radical (unpaired) electrons. The first kappa shape index (κ1) is 8.19. The van der Waals surface area contributed by atoms with Gasteiger partial charge in [-0.15, -0.1) is 11.3 Å². The SMILES string of the molecule is C/C(=N\O)c1cnc2ccsc2c1. The van der Waals surface area contributed by atoms with Crippen LogP contribution in [0.1, 0.15) is 12.5 Å². The molecule has 1 N–H and O–H groups in total. The van der Waals surface area contributed by atoms with E-state index in [2.05, 4.69) is 10.1 Å². The van der Waals surface area contributed by atoms with Crippen molar-refractivity contribution in [1.82, 2.24) is 4.98 Å². The van der Waals surface area contributed by atoms with Crippen LogP contribution in [-0.4, -0.2) is 15.9 Å². The normalized spacial score (nSPS) is 12.2. The maximum Gasteiger partial charge on any atom is 0.0852 e. The number of hydrogen-bond acceptors (Lipinski definition) is 4. The molecule has 0 aliphatic rings. The van der Waals surface area contributed by atoms with Gasteiger partial charge in [0, 0.05) is 11.8 Å². The van der Waals surface area contributed by atoms with Crippen molar-refractivity contribution in [3.05, 3.63) is 29.3 Å². The van der Waals surface area contributed by atoms with E-state index in [9.17, 15) is 0 Å². The Balaban J connectivity index is 2.60. The summed E-state index contributed by atoms with van der Waals surface area (Å²) in [6, 6.07) is 3.94. The molecule has 0 aliphatic heterocycles. The Morgan fingerprint density at radius 1 is 1.62 bits per heavy atom. The second-order valence-electron chi connectivity index (χ2n) is 2.71. The molecule has 4 heteroatoms. The highest BCUT2D eigenvalue weighted by atomic mass is 32.1. The number of rotatable bonds is 1. The van der Waals surface area contributed by atoms with E-state index < -0.39 is 0 Å². The van der Waals surface area contributed by atoms with E-state index >= 15 is 0 Å². The Bertz CT molecular complexity index is 461. The molecule has 0 fully saturated rings. The Morgan fingerprint density at radius 3 is 3.23 bits per heavy atom. The largest absolute Gasteiger partial charge is 0.411 e. The third-order valence-electron chi connectivity index (χ3n) is 1.87. The number of aromatic nitrogens is 1. The van der Waals surface area contributed by atoms with Gasteiger partial charge in [0.2, 0.25) is 0 Å². The topological polar surface area (TPSA) is 45.5 Å². The van der Waals surface area contributed by atoms with Crippen LogP contribution in [0.25, 0.3) is 10.2 Å². The van der Waals surface area contributed by atoms with Crippen LogP contribution >= 0.6 is 11.3 Å². The highest BCUT2D eigenvalue weighted by Gasteiger charge is 2.01. The molecule has 2 aromatic heterocycles. The zero-order chi connectivity index (χ0) is 9.26. The van der Waals surface area contributed by atoms with Gasteiger partial charge in [-0.3, -0.25) is 4.98 Å². The molecule has 0 atom stereocenters. The van der Waals surface area contributed by atoms with Crippen LogP contribution in [0.3, 0.4) is 0 Å². The van der Waals surface area contributed by atoms with Crippen molar-refractivity contribution in [2.24, 2.45) is 5.16 Å². The van der Waals surface area contributed by atoms with Gasteiger partial charge in [-0.05, 0) is 24.4 Å². The first-order valence-electron chi connectivity index (χ1n) is 3.83. The second kappa shape index (κ2) is 3.14. The van der Waals surface area contributed by atoms with Crippen molar-refractivity contribution >= 4 is 27.3 Å². The van der Waals surface area contributed by atoms with Gasteiger partial charge in [-0.1, -0.05) is 5.16 Å². The molecule has 0 amide bonds. The average Bonchev–Trinajstić information content (AvgIpc) is 2.63. The van der Waals surface area contributed by atoms with Crippen molar-refractivity contribution in [3.63, 3.8) is 0 Å². The minimum absolute atomic E-state index is 0.586. The molecule has 0 aliphatic carbocycles. The van der Waals surface area contributed by atoms with Crippen molar-refractivity contribution in [1.29, 1.82) is 0 Å². The lowest BCUT2D eigenvalue weighted by molar-refractivity contribution is 0.319. The summed E-state index contributed by atoms with van der Waals surface area (Å²) in [6.07, 6.45) is 1.71. The first-order chi connectivity index (χ1) is 6.31. The molecule has 13 heavy (non-hydrogen) atoms. The van der Waals surface area contributed by atoms with Gasteiger partial charge in [0.15, 0.2) is 0 Å². The average molecular weight is 192 g/mol. The van der Waals surface area contributed by atoms with Gasteiger partial charge >= 0.3 is 0 Å². The molecule has 3 nitrogen and oxygen atoms in total. The number of oxime groups is 1. The predicted molar refractivity (Wildman–Crippen MR) is 53.6 cm³/mol. The van der Waals surface area contributed by atoms with Crippen LogP contribution in [0.4, 0.5) is 0 Å². The van der Waals surface area contributed by atoms with Gasteiger partial charge in [0.1, 0.15) is 0 Å². The van der Waals surface area contributed by atoms with Crippen molar-refractivity contribution < 1.29 is 5.21 Å². The Labute approximate surface area is 79.3 Å². The van der Waals surface area contributed by atoms with Crippen LogP contribution in [0.5, 0.6) is 0 Å². The molecule has 0 spiro atoms. The lowest BCUT2D eigenvalue weighted by Crippen LogP contribution is -1.94. The van der Waals surface area contributed by atoms with Crippen LogP contribution in [0, 0.1) is 0 Å². The van der Waals surface area contributed by atoms with E-state index in [-0.39, 0.29) is 0 Å². The minimum Gasteiger partial charge on any atom is -0.411 e. The standard InChI is InChI=1S/C9H8N2OS/c1-6(11-12)7-4-9-8(10-5-7)2-3-13-9/h2-5,12H,1H3/b11-6+. The van der Waals surface area contributed by atoms with E-state index in [0.717, 1.165) is 15.8 Å². The van der Waals surface area contributed by atoms with Gasteiger partial charge < -0.3 is 5.21 Å². The summed E-state index contributed by atoms with van der Waals surface area (Å²) < 4.78 is 1.11. The highest BCUT2D eigenvalue weighted by Crippen LogP contribution is 2.19. The maximum atomic E-state index is 8.57. The fourth-order valence-electron chi connectivity index (χ4n) is 1.10. The summed E-state index contributed by atoms with van der Waals surface area (Å²) in [4.78, 5) is 4.23. The number of fused-ring (bicyclic) bond motifs is 1. The summed E-state index contributed by atoms with van der Waals surface area (Å²) in [5.41, 5.74) is 2.43. The third-order valence-corrected chi connectivity index (χ3v) is 2.72. The van der Waals surface area contributed by atoms with E-state index in [4.69, 9.17) is 5.21 Å². The van der Waals surface area contributed by atoms with Gasteiger partial charge in [-0.2, -0.15) is 0 Å². The molecular formula is C9H8N2OS. The van der Waals surface area contributed by atoms with Crippen molar-refractivity contribution in [2.75, 3.05) is 0 Å². The quantitative estimate of drug-likeness (QED) is 0.428. The van der Waals surface area contributed by atoms with Gasteiger partial charge in [-0.25, -0.2) is 0 Å². The number of thiophene rings is 1. The molecule has 0 bridgehead atoms. The van der Waals surface area contributed by atoms with Gasteiger partial charge in [0.25, 0.3) is 0 Å². The zero-order valence-electron chi connectivity index (χ0n) is 7.06. The molecule has 2 rings (SSSR count). The second-order valence-corrected chi connectivity index (χ2v) is 3.66. The summed E-state index contributed by atoms with van der Waals surface area (Å²) in [5.74, 6) is 0. The lowest BCUT2D eigenvalue weighted by atomic mass is 10.2. The summed E-state index contributed by atoms with van der Waals surface area (Å²) >= 11 is 1.63. The molecular weight excluding hydrogens is 184 g/mol. The maximum absolute atomic E-state index is 8.57. The predicted octanol–water partition coefficient (Wildman–Crippen LogP) is 2.49. The molecule has 66 valence electrons. The van der Waals surface area contributed by atoms with Crippen LogP contribution in [0.2, 0.25) is 0 Å². The smallest absolute Gasteiger partial charge is 0.0852 e. The number of hydrogen-bond donors (Lipinski definition) is 1. The van der Waals surface area contributed by atoms with Crippen LogP contribution in [0.15, 0.2) is 28.9 Å². The molecule has 0 aromatic carbocycles. The lowest BCUT2D eigenvalue weighted by Gasteiger charge is -1.96.